The number of hydrazone groups is 1. The second kappa shape index (κ2) is 13.4. The molecule has 0 fully saturated rings. The fourth-order valence-corrected chi connectivity index (χ4v) is 2.46. The van der Waals surface area contributed by atoms with Crippen LogP contribution in [-0.2, 0) is 17.3 Å². The maximum absolute atomic E-state index is 5.25. The molecule has 0 aliphatic heterocycles. The number of nitrogens with zero attached hydrogens (tertiary/aromatic N) is 1. The first-order valence-electron chi connectivity index (χ1n) is 8.73. The van der Waals surface area contributed by atoms with Gasteiger partial charge in [-0.3, -0.25) is 5.43 Å². The minimum atomic E-state index is 0.164. The Morgan fingerprint density at radius 2 is 1.64 bits per heavy atom. The molecule has 3 rings (SSSR count). The molecule has 0 aliphatic carbocycles. The standard InChI is InChI=1S/C12H11N3S.C10H14.ClH.Ru/c13-12(16)15-14-8-9-5-6-10-3-1-2-4-11(10)7-9;1-8(2)10-6-4-9(3)5-7-10;;/h1-8H,(H3,13,15,16);4-8H,1-3H3;1H;/q;;;+2/p-1/b14-8+;;;. The molecule has 0 spiro atoms. The van der Waals surface area contributed by atoms with Gasteiger partial charge in [0.25, 0.3) is 0 Å². The molecule has 0 heterocycles. The predicted molar refractivity (Wildman–Crippen MR) is 123 cm³/mol. The third kappa shape index (κ3) is 8.92. The molecular formula is C22H25ClN3RuS+. The van der Waals surface area contributed by atoms with Crippen LogP contribution in [0, 0.1) is 6.92 Å². The number of fused-ring (bicyclic) bond motifs is 1. The van der Waals surface area contributed by atoms with Gasteiger partial charge in [0.1, 0.15) is 0 Å². The van der Waals surface area contributed by atoms with Gasteiger partial charge in [-0.15, -0.1) is 0 Å². The summed E-state index contributed by atoms with van der Waals surface area (Å²) in [7, 11) is 4.57. The van der Waals surface area contributed by atoms with E-state index in [0.29, 0.717) is 5.92 Å². The van der Waals surface area contributed by atoms with Crippen LogP contribution in [0.3, 0.4) is 0 Å². The normalized spacial score (nSPS) is 10.1. The zero-order valence-electron chi connectivity index (χ0n) is 16.2. The molecule has 148 valence electrons. The average Bonchev–Trinajstić information content (AvgIpc) is 2.70. The first-order chi connectivity index (χ1) is 13.5. The fraction of sp³-hybridized carbons (Fsp3) is 0.182. The minimum absolute atomic E-state index is 0.164. The molecule has 0 radical (unpaired) electrons. The first-order valence-corrected chi connectivity index (χ1v) is 11.4. The molecule has 0 unspecified atom stereocenters. The Morgan fingerprint density at radius 1 is 1.04 bits per heavy atom. The zero-order valence-corrected chi connectivity index (χ0v) is 19.5. The molecule has 0 saturated heterocycles. The van der Waals surface area contributed by atoms with Gasteiger partial charge in [-0.25, -0.2) is 0 Å². The summed E-state index contributed by atoms with van der Waals surface area (Å²) in [4.78, 5) is 0. The number of benzene rings is 3. The molecule has 28 heavy (non-hydrogen) atoms. The van der Waals surface area contributed by atoms with Crippen molar-refractivity contribution in [3.8, 4) is 0 Å². The second-order valence-corrected chi connectivity index (χ2v) is 6.85. The summed E-state index contributed by atoms with van der Waals surface area (Å²) >= 11 is 6.46. The van der Waals surface area contributed by atoms with Crippen LogP contribution < -0.4 is 11.2 Å². The van der Waals surface area contributed by atoms with Crippen LogP contribution >= 0.6 is 21.9 Å². The Kier molecular flexibility index (Phi) is 11.6. The number of aryl methyl sites for hydroxylation is 1. The summed E-state index contributed by atoms with van der Waals surface area (Å²) in [5, 5.41) is 6.46. The third-order valence-corrected chi connectivity index (χ3v) is 4.00. The van der Waals surface area contributed by atoms with Crippen molar-refractivity contribution in [2.75, 3.05) is 0 Å². The number of halogens is 1. The van der Waals surface area contributed by atoms with Crippen molar-refractivity contribution >= 4 is 44.0 Å². The van der Waals surface area contributed by atoms with Crippen LogP contribution in [0.25, 0.3) is 10.8 Å². The van der Waals surface area contributed by atoms with Crippen LogP contribution in [0.5, 0.6) is 0 Å². The van der Waals surface area contributed by atoms with E-state index in [1.165, 1.54) is 21.9 Å². The maximum atomic E-state index is 5.25. The SMILES string of the molecule is Cc1ccc(C(C)C)cc1.NC(=S)N/N=C/c1ccc2ccccc2c1.[Cl][Ru+]. The van der Waals surface area contributed by atoms with E-state index in [1.807, 2.05) is 35.5 Å². The van der Waals surface area contributed by atoms with Gasteiger partial charge in [0.2, 0.25) is 0 Å². The van der Waals surface area contributed by atoms with Crippen molar-refractivity contribution in [3.63, 3.8) is 0 Å². The molecule has 0 amide bonds. The van der Waals surface area contributed by atoms with Gasteiger partial charge in [0.05, 0.1) is 6.21 Å². The fourth-order valence-electron chi connectivity index (χ4n) is 2.41. The molecule has 3 N–H and O–H groups in total. The molecule has 0 aromatic heterocycles. The number of thiocarbonyl (C=S) groups is 1. The van der Waals surface area contributed by atoms with Crippen molar-refractivity contribution < 1.29 is 17.3 Å². The van der Waals surface area contributed by atoms with Crippen LogP contribution in [0.1, 0.15) is 36.5 Å². The molecule has 3 aromatic carbocycles. The summed E-state index contributed by atoms with van der Waals surface area (Å²) in [6.07, 6.45) is 1.69. The van der Waals surface area contributed by atoms with Gasteiger partial charge in [0.15, 0.2) is 5.11 Å². The Bertz CT molecular complexity index is 896. The zero-order chi connectivity index (χ0) is 20.9. The molecule has 6 heteroatoms. The predicted octanol–water partition coefficient (Wildman–Crippen LogP) is 5.81. The Hall–Kier alpha value is -1.81. The van der Waals surface area contributed by atoms with Gasteiger partial charge in [-0.1, -0.05) is 80.1 Å². The summed E-state index contributed by atoms with van der Waals surface area (Å²) in [5.74, 6) is 0.653. The Labute approximate surface area is 187 Å². The summed E-state index contributed by atoms with van der Waals surface area (Å²) in [6.45, 7) is 6.54. The van der Waals surface area contributed by atoms with E-state index >= 15 is 0 Å². The van der Waals surface area contributed by atoms with Crippen molar-refractivity contribution in [2.45, 2.75) is 26.7 Å². The molecular weight excluding hydrogens is 475 g/mol. The van der Waals surface area contributed by atoms with Crippen LogP contribution in [0.2, 0.25) is 0 Å². The second-order valence-electron chi connectivity index (χ2n) is 6.41. The van der Waals surface area contributed by atoms with Crippen LogP contribution in [-0.4, -0.2) is 11.3 Å². The number of nitrogens with one attached hydrogen (secondary N) is 1. The van der Waals surface area contributed by atoms with Gasteiger partial charge < -0.3 is 5.73 Å². The Morgan fingerprint density at radius 3 is 2.21 bits per heavy atom. The van der Waals surface area contributed by atoms with Crippen molar-refractivity contribution in [1.82, 2.24) is 5.43 Å². The van der Waals surface area contributed by atoms with Gasteiger partial charge >= 0.3 is 27.0 Å². The number of hydrogen-bond acceptors (Lipinski definition) is 2. The number of hydrogen-bond donors (Lipinski definition) is 2. The summed E-state index contributed by atoms with van der Waals surface area (Å²) < 4.78 is 0. The van der Waals surface area contributed by atoms with Gasteiger partial charge in [-0.05, 0) is 53.0 Å². The van der Waals surface area contributed by atoms with E-state index in [4.69, 9.17) is 5.73 Å². The number of nitrogens with two attached hydrogens (primary N) is 1. The van der Waals surface area contributed by atoms with E-state index in [2.05, 4.69) is 102 Å². The molecule has 0 bridgehead atoms. The monoisotopic (exact) mass is 500 g/mol. The van der Waals surface area contributed by atoms with Gasteiger partial charge in [-0.2, -0.15) is 5.10 Å². The quantitative estimate of drug-likeness (QED) is 0.207. The Balaban J connectivity index is 0.000000281. The van der Waals surface area contributed by atoms with E-state index in [1.54, 1.807) is 6.21 Å². The van der Waals surface area contributed by atoms with Crippen molar-refractivity contribution in [3.05, 3.63) is 83.4 Å². The van der Waals surface area contributed by atoms with E-state index in [0.717, 1.165) is 5.56 Å². The number of rotatable bonds is 3. The molecule has 0 atom stereocenters. The average molecular weight is 500 g/mol. The molecule has 0 aliphatic rings. The van der Waals surface area contributed by atoms with E-state index in [9.17, 15) is 0 Å². The van der Waals surface area contributed by atoms with Gasteiger partial charge in [0, 0.05) is 0 Å². The van der Waals surface area contributed by atoms with Crippen LogP contribution in [0.4, 0.5) is 0 Å². The van der Waals surface area contributed by atoms with Crippen molar-refractivity contribution in [1.29, 1.82) is 0 Å². The topological polar surface area (TPSA) is 50.4 Å². The first kappa shape index (κ1) is 24.2. The third-order valence-electron chi connectivity index (χ3n) is 3.91. The molecule has 0 saturated carbocycles. The molecule has 3 nitrogen and oxygen atoms in total. The summed E-state index contributed by atoms with van der Waals surface area (Å²) in [5.41, 5.74) is 11.5. The summed E-state index contributed by atoms with van der Waals surface area (Å²) in [6, 6.07) is 23.0. The van der Waals surface area contributed by atoms with E-state index < -0.39 is 0 Å². The van der Waals surface area contributed by atoms with Crippen molar-refractivity contribution in [2.24, 2.45) is 10.8 Å². The molecule has 3 aromatic rings. The van der Waals surface area contributed by atoms with E-state index in [-0.39, 0.29) is 5.11 Å². The van der Waals surface area contributed by atoms with Crippen LogP contribution in [0.15, 0.2) is 71.8 Å².